The van der Waals surface area contributed by atoms with Gasteiger partial charge < -0.3 is 5.32 Å². The monoisotopic (exact) mass is 271 g/mol. The minimum absolute atomic E-state index is 0.0733. The van der Waals surface area contributed by atoms with Crippen molar-refractivity contribution in [2.45, 2.75) is 20.3 Å². The second-order valence-electron chi connectivity index (χ2n) is 4.46. The van der Waals surface area contributed by atoms with E-state index in [0.29, 0.717) is 22.2 Å². The number of hydrogen-bond acceptors (Lipinski definition) is 1. The molecule has 0 atom stereocenters. The fraction of sp³-hybridized carbons (Fsp3) is 0.308. The smallest absolute Gasteiger partial charge is 0.230 e. The van der Waals surface area contributed by atoms with Crippen LogP contribution in [-0.2, 0) is 4.79 Å². The number of allylic oxidation sites excluding steroid dienone is 1. The van der Waals surface area contributed by atoms with E-state index in [1.54, 1.807) is 24.3 Å². The van der Waals surface area contributed by atoms with Crippen LogP contribution in [0.3, 0.4) is 0 Å². The molecule has 0 saturated heterocycles. The number of halogens is 2. The number of carbonyl (C=O) groups excluding carboxylic acids is 1. The number of amides is 1. The molecule has 1 aromatic rings. The molecule has 0 saturated carbocycles. The lowest BCUT2D eigenvalue weighted by atomic mass is 9.88. The van der Waals surface area contributed by atoms with Crippen LogP contribution in [0.1, 0.15) is 20.3 Å². The number of anilines is 1. The summed E-state index contributed by atoms with van der Waals surface area (Å²) in [5.74, 6) is -0.0733. The normalized spacial score (nSPS) is 11.1. The van der Waals surface area contributed by atoms with Crippen molar-refractivity contribution in [2.24, 2.45) is 5.41 Å². The summed E-state index contributed by atoms with van der Waals surface area (Å²) in [6.07, 6.45) is 2.34. The van der Waals surface area contributed by atoms with Gasteiger partial charge in [0.15, 0.2) is 0 Å². The molecule has 1 N–H and O–H groups in total. The Hall–Kier alpha value is -0.990. The zero-order valence-electron chi connectivity index (χ0n) is 9.89. The number of rotatable bonds is 4. The number of hydrogen-bond donors (Lipinski definition) is 1. The van der Waals surface area contributed by atoms with Gasteiger partial charge in [0.1, 0.15) is 0 Å². The summed E-state index contributed by atoms with van der Waals surface area (Å²) in [6.45, 7) is 7.37. The van der Waals surface area contributed by atoms with E-state index in [1.165, 1.54) is 0 Å². The van der Waals surface area contributed by atoms with E-state index in [2.05, 4.69) is 11.9 Å². The molecule has 0 heterocycles. The minimum Gasteiger partial charge on any atom is -0.326 e. The first kappa shape index (κ1) is 14.1. The van der Waals surface area contributed by atoms with Crippen molar-refractivity contribution in [2.75, 3.05) is 5.32 Å². The number of carbonyl (C=O) groups is 1. The molecule has 17 heavy (non-hydrogen) atoms. The van der Waals surface area contributed by atoms with Gasteiger partial charge in [-0.05, 0) is 24.6 Å². The zero-order valence-corrected chi connectivity index (χ0v) is 11.4. The topological polar surface area (TPSA) is 29.1 Å². The van der Waals surface area contributed by atoms with Crippen molar-refractivity contribution in [3.8, 4) is 0 Å². The van der Waals surface area contributed by atoms with E-state index in [0.717, 1.165) is 0 Å². The first-order chi connectivity index (χ1) is 7.86. The van der Waals surface area contributed by atoms with Gasteiger partial charge >= 0.3 is 0 Å². The SMILES string of the molecule is C=CCC(C)(C)C(=O)Nc1ccc(Cl)c(Cl)c1. The molecule has 0 aliphatic heterocycles. The Balaban J connectivity index is 2.81. The second-order valence-corrected chi connectivity index (χ2v) is 5.27. The Bertz CT molecular complexity index is 441. The first-order valence-electron chi connectivity index (χ1n) is 5.24. The summed E-state index contributed by atoms with van der Waals surface area (Å²) in [6, 6.07) is 5.00. The summed E-state index contributed by atoms with van der Waals surface area (Å²) in [4.78, 5) is 12.0. The van der Waals surface area contributed by atoms with Crippen molar-refractivity contribution in [1.82, 2.24) is 0 Å². The highest BCUT2D eigenvalue weighted by atomic mass is 35.5. The van der Waals surface area contributed by atoms with Gasteiger partial charge in [0.2, 0.25) is 5.91 Å². The lowest BCUT2D eigenvalue weighted by Crippen LogP contribution is -2.30. The molecule has 0 radical (unpaired) electrons. The number of benzene rings is 1. The quantitative estimate of drug-likeness (QED) is 0.801. The highest BCUT2D eigenvalue weighted by Crippen LogP contribution is 2.27. The van der Waals surface area contributed by atoms with E-state index in [-0.39, 0.29) is 5.91 Å². The average molecular weight is 272 g/mol. The maximum absolute atomic E-state index is 12.0. The van der Waals surface area contributed by atoms with Crippen molar-refractivity contribution in [3.63, 3.8) is 0 Å². The van der Waals surface area contributed by atoms with Gasteiger partial charge in [-0.25, -0.2) is 0 Å². The third-order valence-electron chi connectivity index (χ3n) is 2.45. The van der Waals surface area contributed by atoms with Crippen LogP contribution in [0.25, 0.3) is 0 Å². The van der Waals surface area contributed by atoms with Crippen LogP contribution >= 0.6 is 23.2 Å². The summed E-state index contributed by atoms with van der Waals surface area (Å²) in [7, 11) is 0. The van der Waals surface area contributed by atoms with Gasteiger partial charge in [0.05, 0.1) is 10.0 Å². The average Bonchev–Trinajstić information content (AvgIpc) is 2.23. The molecule has 2 nitrogen and oxygen atoms in total. The Morgan fingerprint density at radius 2 is 2.06 bits per heavy atom. The molecule has 0 bridgehead atoms. The first-order valence-corrected chi connectivity index (χ1v) is 6.00. The van der Waals surface area contributed by atoms with Crippen molar-refractivity contribution in [1.29, 1.82) is 0 Å². The molecule has 0 aliphatic rings. The standard InChI is InChI=1S/C13H15Cl2NO/c1-4-7-13(2,3)12(17)16-9-5-6-10(14)11(15)8-9/h4-6,8H,1,7H2,2-3H3,(H,16,17). The van der Waals surface area contributed by atoms with Gasteiger partial charge in [0.25, 0.3) is 0 Å². The zero-order chi connectivity index (χ0) is 13.1. The molecule has 0 fully saturated rings. The third kappa shape index (κ3) is 3.76. The third-order valence-corrected chi connectivity index (χ3v) is 3.19. The molecule has 0 spiro atoms. The second kappa shape index (κ2) is 5.56. The van der Waals surface area contributed by atoms with Crippen molar-refractivity contribution in [3.05, 3.63) is 40.9 Å². The van der Waals surface area contributed by atoms with Crippen LogP contribution in [0, 0.1) is 5.41 Å². The maximum atomic E-state index is 12.0. The van der Waals surface area contributed by atoms with Crippen LogP contribution in [0.2, 0.25) is 10.0 Å². The molecule has 0 unspecified atom stereocenters. The molecule has 1 amide bonds. The maximum Gasteiger partial charge on any atom is 0.230 e. The van der Waals surface area contributed by atoms with E-state index < -0.39 is 5.41 Å². The molecule has 4 heteroatoms. The minimum atomic E-state index is -0.492. The van der Waals surface area contributed by atoms with E-state index >= 15 is 0 Å². The Morgan fingerprint density at radius 1 is 1.41 bits per heavy atom. The van der Waals surface area contributed by atoms with Crippen LogP contribution in [-0.4, -0.2) is 5.91 Å². The van der Waals surface area contributed by atoms with Crippen LogP contribution in [0.4, 0.5) is 5.69 Å². The fourth-order valence-electron chi connectivity index (χ4n) is 1.33. The lowest BCUT2D eigenvalue weighted by molar-refractivity contribution is -0.123. The van der Waals surface area contributed by atoms with Crippen molar-refractivity contribution < 1.29 is 4.79 Å². The summed E-state index contributed by atoms with van der Waals surface area (Å²) >= 11 is 11.7. The van der Waals surface area contributed by atoms with Gasteiger partial charge in [-0.15, -0.1) is 6.58 Å². The number of nitrogens with one attached hydrogen (secondary N) is 1. The highest BCUT2D eigenvalue weighted by molar-refractivity contribution is 6.42. The Morgan fingerprint density at radius 3 is 2.59 bits per heavy atom. The fourth-order valence-corrected chi connectivity index (χ4v) is 1.63. The van der Waals surface area contributed by atoms with E-state index in [4.69, 9.17) is 23.2 Å². The molecule has 1 aromatic carbocycles. The molecule has 0 aromatic heterocycles. The largest absolute Gasteiger partial charge is 0.326 e. The molecular weight excluding hydrogens is 257 g/mol. The summed E-state index contributed by atoms with van der Waals surface area (Å²) in [5.41, 5.74) is 0.148. The molecule has 1 rings (SSSR count). The molecule has 0 aliphatic carbocycles. The van der Waals surface area contributed by atoms with Crippen LogP contribution < -0.4 is 5.32 Å². The van der Waals surface area contributed by atoms with Gasteiger partial charge in [-0.1, -0.05) is 43.1 Å². The van der Waals surface area contributed by atoms with Crippen LogP contribution in [0.15, 0.2) is 30.9 Å². The lowest BCUT2D eigenvalue weighted by Gasteiger charge is -2.21. The van der Waals surface area contributed by atoms with Crippen molar-refractivity contribution >= 4 is 34.8 Å². The summed E-state index contributed by atoms with van der Waals surface area (Å²) in [5, 5.41) is 3.70. The van der Waals surface area contributed by atoms with E-state index in [1.807, 2.05) is 13.8 Å². The predicted octanol–water partition coefficient (Wildman–Crippen LogP) is 4.53. The van der Waals surface area contributed by atoms with Gasteiger partial charge in [-0.3, -0.25) is 4.79 Å². The van der Waals surface area contributed by atoms with Crippen LogP contribution in [0.5, 0.6) is 0 Å². The van der Waals surface area contributed by atoms with Gasteiger partial charge in [0, 0.05) is 11.1 Å². The highest BCUT2D eigenvalue weighted by Gasteiger charge is 2.26. The van der Waals surface area contributed by atoms with E-state index in [9.17, 15) is 4.79 Å². The Labute approximate surface area is 112 Å². The molecule has 92 valence electrons. The van der Waals surface area contributed by atoms with Gasteiger partial charge in [-0.2, -0.15) is 0 Å². The predicted molar refractivity (Wildman–Crippen MR) is 73.7 cm³/mol. The molecular formula is C13H15Cl2NO. The Kier molecular flexibility index (Phi) is 4.61. The summed E-state index contributed by atoms with van der Waals surface area (Å²) < 4.78 is 0.